The second-order valence-electron chi connectivity index (χ2n) is 6.64. The minimum atomic E-state index is -0.289. The summed E-state index contributed by atoms with van der Waals surface area (Å²) in [6.45, 7) is 8.98. The van der Waals surface area contributed by atoms with Gasteiger partial charge in [-0.15, -0.1) is 0 Å². The molecule has 0 saturated carbocycles. The predicted octanol–water partition coefficient (Wildman–Crippen LogP) is 5.43. The van der Waals surface area contributed by atoms with Gasteiger partial charge in [0, 0.05) is 0 Å². The fourth-order valence-electron chi connectivity index (χ4n) is 2.65. The van der Waals surface area contributed by atoms with Gasteiger partial charge in [0.2, 0.25) is 0 Å². The Labute approximate surface area is 148 Å². The molecule has 24 heavy (non-hydrogen) atoms. The maximum absolute atomic E-state index is 11.9. The van der Waals surface area contributed by atoms with Gasteiger partial charge in [-0.2, -0.15) is 0 Å². The first-order valence-electron chi connectivity index (χ1n) is 9.92. The van der Waals surface area contributed by atoms with Crippen LogP contribution < -0.4 is 0 Å². The lowest BCUT2D eigenvalue weighted by Gasteiger charge is -2.17. The van der Waals surface area contributed by atoms with Crippen molar-refractivity contribution in [1.82, 2.24) is 0 Å². The van der Waals surface area contributed by atoms with E-state index < -0.39 is 0 Å². The molecule has 2 unspecified atom stereocenters. The molecule has 0 rings (SSSR count). The molecule has 4 heteroatoms. The van der Waals surface area contributed by atoms with Crippen LogP contribution in [0.3, 0.4) is 0 Å². The van der Waals surface area contributed by atoms with Gasteiger partial charge in [-0.05, 0) is 25.2 Å². The van der Waals surface area contributed by atoms with Gasteiger partial charge < -0.3 is 9.47 Å². The lowest BCUT2D eigenvalue weighted by Crippen LogP contribution is -2.20. The van der Waals surface area contributed by atoms with Crippen molar-refractivity contribution in [2.24, 2.45) is 5.92 Å². The molecule has 0 aromatic carbocycles. The van der Waals surface area contributed by atoms with Crippen molar-refractivity contribution in [3.8, 4) is 0 Å². The molecule has 0 spiro atoms. The van der Waals surface area contributed by atoms with Crippen LogP contribution in [-0.4, -0.2) is 24.6 Å². The van der Waals surface area contributed by atoms with E-state index in [2.05, 4.69) is 27.7 Å². The van der Waals surface area contributed by atoms with Crippen LogP contribution in [0.5, 0.6) is 0 Å². The summed E-state index contributed by atoms with van der Waals surface area (Å²) in [5, 5.41) is 0. The van der Waals surface area contributed by atoms with Gasteiger partial charge in [0.1, 0.15) is 6.10 Å². The molecule has 0 aromatic heterocycles. The molecule has 0 N–H and O–H groups in total. The minimum absolute atomic E-state index is 0.00279. The highest BCUT2D eigenvalue weighted by Crippen LogP contribution is 2.14. The second kappa shape index (κ2) is 15.5. The summed E-state index contributed by atoms with van der Waals surface area (Å²) in [7, 11) is 0. The van der Waals surface area contributed by atoms with E-state index in [4.69, 9.17) is 9.47 Å². The minimum Gasteiger partial charge on any atom is -0.465 e. The molecular weight excluding hydrogens is 304 g/mol. The van der Waals surface area contributed by atoms with Crippen LogP contribution in [0.15, 0.2) is 0 Å². The van der Waals surface area contributed by atoms with Crippen LogP contribution in [0, 0.1) is 5.92 Å². The van der Waals surface area contributed by atoms with Gasteiger partial charge in [-0.25, -0.2) is 0 Å². The summed E-state index contributed by atoms with van der Waals surface area (Å²) in [6, 6.07) is 0. The third kappa shape index (κ3) is 12.4. The molecular formula is C20H38O4. The molecule has 142 valence electrons. The third-order valence-corrected chi connectivity index (χ3v) is 4.34. The molecule has 4 nitrogen and oxygen atoms in total. The van der Waals surface area contributed by atoms with Gasteiger partial charge in [0.15, 0.2) is 0 Å². The van der Waals surface area contributed by atoms with Crippen molar-refractivity contribution in [3.05, 3.63) is 0 Å². The van der Waals surface area contributed by atoms with Gasteiger partial charge in [0.05, 0.1) is 19.4 Å². The fraction of sp³-hybridized carbons (Fsp3) is 0.900. The highest BCUT2D eigenvalue weighted by Gasteiger charge is 2.16. The maximum atomic E-state index is 11.9. The lowest BCUT2D eigenvalue weighted by atomic mass is 10.0. The number of rotatable bonds is 15. The van der Waals surface area contributed by atoms with Crippen molar-refractivity contribution >= 4 is 11.9 Å². The van der Waals surface area contributed by atoms with Crippen molar-refractivity contribution < 1.29 is 19.1 Å². The van der Waals surface area contributed by atoms with Crippen LogP contribution in [0.1, 0.15) is 98.3 Å². The Morgan fingerprint density at radius 3 is 2.00 bits per heavy atom. The molecule has 0 heterocycles. The quantitative estimate of drug-likeness (QED) is 0.372. The van der Waals surface area contributed by atoms with Gasteiger partial charge in [-0.1, -0.05) is 66.2 Å². The molecule has 0 fully saturated rings. The molecule has 2 atom stereocenters. The Morgan fingerprint density at radius 1 is 0.792 bits per heavy atom. The van der Waals surface area contributed by atoms with Crippen molar-refractivity contribution in [2.75, 3.05) is 6.61 Å². The zero-order chi connectivity index (χ0) is 18.2. The fourth-order valence-corrected chi connectivity index (χ4v) is 2.65. The molecule has 0 aliphatic rings. The summed E-state index contributed by atoms with van der Waals surface area (Å²) in [5.41, 5.74) is 0. The van der Waals surface area contributed by atoms with E-state index in [0.29, 0.717) is 12.5 Å². The van der Waals surface area contributed by atoms with E-state index >= 15 is 0 Å². The van der Waals surface area contributed by atoms with Crippen LogP contribution >= 0.6 is 0 Å². The van der Waals surface area contributed by atoms with E-state index in [1.807, 2.05) is 0 Å². The number of carbonyl (C=O) groups excluding carboxylic acids is 2. The lowest BCUT2D eigenvalue weighted by molar-refractivity contribution is -0.154. The molecule has 0 aromatic rings. The highest BCUT2D eigenvalue weighted by molar-refractivity contribution is 5.77. The summed E-state index contributed by atoms with van der Waals surface area (Å²) in [6.07, 6.45) is 9.65. The molecule has 0 saturated heterocycles. The Bertz CT molecular complexity index is 328. The second-order valence-corrected chi connectivity index (χ2v) is 6.64. The van der Waals surface area contributed by atoms with Gasteiger partial charge >= 0.3 is 11.9 Å². The molecule has 0 bridgehead atoms. The normalized spacial score (nSPS) is 13.3. The maximum Gasteiger partial charge on any atom is 0.306 e. The topological polar surface area (TPSA) is 52.6 Å². The van der Waals surface area contributed by atoms with E-state index in [9.17, 15) is 9.59 Å². The number of esters is 2. The smallest absolute Gasteiger partial charge is 0.306 e. The number of carbonyl (C=O) groups is 2. The first-order valence-corrected chi connectivity index (χ1v) is 9.92. The molecule has 0 aliphatic carbocycles. The first kappa shape index (κ1) is 22.9. The van der Waals surface area contributed by atoms with Crippen LogP contribution in [0.2, 0.25) is 0 Å². The first-order chi connectivity index (χ1) is 11.6. The van der Waals surface area contributed by atoms with Gasteiger partial charge in [-0.3, -0.25) is 9.59 Å². The standard InChI is InChI=1S/C20H38O4/c1-5-9-12-17(8-4)16-23-19(21)14-15-20(22)24-18(11-7-3)13-10-6-2/h17-18H,5-16H2,1-4H3. The average Bonchev–Trinajstić information content (AvgIpc) is 2.58. The van der Waals surface area contributed by atoms with E-state index in [0.717, 1.165) is 51.4 Å². The van der Waals surface area contributed by atoms with Crippen molar-refractivity contribution in [1.29, 1.82) is 0 Å². The molecule has 0 radical (unpaired) electrons. The Hall–Kier alpha value is -1.06. The largest absolute Gasteiger partial charge is 0.465 e. The van der Waals surface area contributed by atoms with Crippen LogP contribution in [-0.2, 0) is 19.1 Å². The summed E-state index contributed by atoms with van der Waals surface area (Å²) >= 11 is 0. The Morgan fingerprint density at radius 2 is 1.42 bits per heavy atom. The highest BCUT2D eigenvalue weighted by atomic mass is 16.5. The van der Waals surface area contributed by atoms with Crippen molar-refractivity contribution in [2.45, 2.75) is 104 Å². The Kier molecular flexibility index (Phi) is 14.8. The van der Waals surface area contributed by atoms with Crippen molar-refractivity contribution in [3.63, 3.8) is 0 Å². The third-order valence-electron chi connectivity index (χ3n) is 4.34. The summed E-state index contributed by atoms with van der Waals surface area (Å²) in [4.78, 5) is 23.7. The predicted molar refractivity (Wildman–Crippen MR) is 97.8 cm³/mol. The van der Waals surface area contributed by atoms with E-state index in [-0.39, 0.29) is 30.9 Å². The number of hydrogen-bond donors (Lipinski definition) is 0. The summed E-state index contributed by atoms with van der Waals surface area (Å²) < 4.78 is 10.8. The zero-order valence-corrected chi connectivity index (χ0v) is 16.3. The zero-order valence-electron chi connectivity index (χ0n) is 16.3. The number of hydrogen-bond acceptors (Lipinski definition) is 4. The SMILES string of the molecule is CCCCC(CC)COC(=O)CCC(=O)OC(CCC)CCCC. The number of unbranched alkanes of at least 4 members (excludes halogenated alkanes) is 2. The monoisotopic (exact) mass is 342 g/mol. The van der Waals surface area contributed by atoms with Crippen LogP contribution in [0.4, 0.5) is 0 Å². The average molecular weight is 343 g/mol. The van der Waals surface area contributed by atoms with E-state index in [1.54, 1.807) is 0 Å². The van der Waals surface area contributed by atoms with Gasteiger partial charge in [0.25, 0.3) is 0 Å². The number of ether oxygens (including phenoxy) is 2. The van der Waals surface area contributed by atoms with E-state index in [1.165, 1.54) is 6.42 Å². The Balaban J connectivity index is 3.99. The van der Waals surface area contributed by atoms with Crippen LogP contribution in [0.25, 0.3) is 0 Å². The molecule has 0 aliphatic heterocycles. The molecule has 0 amide bonds. The summed E-state index contributed by atoms with van der Waals surface area (Å²) in [5.74, 6) is -0.133.